The van der Waals surface area contributed by atoms with Crippen LogP contribution in [-0.4, -0.2) is 11.0 Å². The molecule has 0 unspecified atom stereocenters. The van der Waals surface area contributed by atoms with Gasteiger partial charge in [0.05, 0.1) is 0 Å². The molecule has 2 heteroatoms. The van der Waals surface area contributed by atoms with Gasteiger partial charge >= 0.3 is 0 Å². The van der Waals surface area contributed by atoms with E-state index in [1.165, 1.54) is 9.99 Å². The van der Waals surface area contributed by atoms with Gasteiger partial charge in [-0.1, -0.05) is 52.9 Å². The van der Waals surface area contributed by atoms with Crippen LogP contribution in [0.15, 0.2) is 30.3 Å². The minimum atomic E-state index is 0.990. The second-order valence-corrected chi connectivity index (χ2v) is 3.43. The van der Waals surface area contributed by atoms with Crippen LogP contribution in [0.2, 0.25) is 0 Å². The summed E-state index contributed by atoms with van der Waals surface area (Å²) in [6, 6.07) is 10.5. The van der Waals surface area contributed by atoms with E-state index < -0.39 is 0 Å². The summed E-state index contributed by atoms with van der Waals surface area (Å²) in [5.74, 6) is 0. The summed E-state index contributed by atoms with van der Waals surface area (Å²) in [5, 5.41) is 3.34. The molecule has 0 aliphatic heterocycles. The number of hydrogen-bond acceptors (Lipinski definition) is 1. The quantitative estimate of drug-likeness (QED) is 0.498. The third kappa shape index (κ3) is 3.72. The molecule has 0 amide bonds. The van der Waals surface area contributed by atoms with Crippen molar-refractivity contribution in [2.45, 2.75) is 6.54 Å². The lowest BCUT2D eigenvalue weighted by Crippen LogP contribution is -2.15. The monoisotopic (exact) mass is 261 g/mol. The Morgan fingerprint density at radius 1 is 1.18 bits per heavy atom. The Morgan fingerprint density at radius 2 is 1.91 bits per heavy atom. The molecule has 0 saturated carbocycles. The highest BCUT2D eigenvalue weighted by molar-refractivity contribution is 14.1. The van der Waals surface area contributed by atoms with E-state index in [-0.39, 0.29) is 0 Å². The van der Waals surface area contributed by atoms with Crippen LogP contribution in [0.5, 0.6) is 0 Å². The third-order valence-corrected chi connectivity index (χ3v) is 1.98. The molecular formula is C9H12IN. The molecule has 0 saturated heterocycles. The normalized spacial score (nSPS) is 9.91. The first-order valence-corrected chi connectivity index (χ1v) is 5.26. The molecule has 1 nitrogen and oxygen atoms in total. The van der Waals surface area contributed by atoms with Crippen molar-refractivity contribution in [3.05, 3.63) is 35.9 Å². The summed E-state index contributed by atoms with van der Waals surface area (Å²) in [6.07, 6.45) is 0. The molecule has 1 N–H and O–H groups in total. The van der Waals surface area contributed by atoms with Crippen molar-refractivity contribution >= 4 is 22.6 Å². The number of hydrogen-bond donors (Lipinski definition) is 1. The van der Waals surface area contributed by atoms with E-state index >= 15 is 0 Å². The van der Waals surface area contributed by atoms with E-state index in [9.17, 15) is 0 Å². The molecule has 0 bridgehead atoms. The van der Waals surface area contributed by atoms with Gasteiger partial charge in [-0.25, -0.2) is 0 Å². The van der Waals surface area contributed by atoms with Crippen LogP contribution in [0.25, 0.3) is 0 Å². The first-order chi connectivity index (χ1) is 5.43. The van der Waals surface area contributed by atoms with Crippen molar-refractivity contribution in [3.63, 3.8) is 0 Å². The van der Waals surface area contributed by atoms with E-state index in [0.29, 0.717) is 0 Å². The zero-order valence-electron chi connectivity index (χ0n) is 6.39. The van der Waals surface area contributed by atoms with Gasteiger partial charge in [0.2, 0.25) is 0 Å². The second kappa shape index (κ2) is 5.55. The standard InChI is InChI=1S/C9H12IN/c10-6-7-11-8-9-4-2-1-3-5-9/h1-5,11H,6-8H2. The molecule has 0 fully saturated rings. The summed E-state index contributed by atoms with van der Waals surface area (Å²) in [7, 11) is 0. The van der Waals surface area contributed by atoms with Gasteiger partial charge < -0.3 is 5.32 Å². The number of benzene rings is 1. The van der Waals surface area contributed by atoms with Gasteiger partial charge in [0.25, 0.3) is 0 Å². The van der Waals surface area contributed by atoms with Crippen molar-refractivity contribution in [2.24, 2.45) is 0 Å². The minimum absolute atomic E-state index is 0.990. The van der Waals surface area contributed by atoms with E-state index in [0.717, 1.165) is 13.1 Å². The van der Waals surface area contributed by atoms with Crippen LogP contribution in [0.4, 0.5) is 0 Å². The molecule has 0 aliphatic rings. The summed E-state index contributed by atoms with van der Waals surface area (Å²) in [5.41, 5.74) is 1.36. The van der Waals surface area contributed by atoms with E-state index in [4.69, 9.17) is 0 Å². The summed E-state index contributed by atoms with van der Waals surface area (Å²) >= 11 is 2.37. The summed E-state index contributed by atoms with van der Waals surface area (Å²) in [4.78, 5) is 0. The fourth-order valence-corrected chi connectivity index (χ4v) is 1.28. The van der Waals surface area contributed by atoms with Crippen LogP contribution < -0.4 is 5.32 Å². The van der Waals surface area contributed by atoms with Crippen LogP contribution in [0.1, 0.15) is 5.56 Å². The van der Waals surface area contributed by atoms with Crippen LogP contribution in [-0.2, 0) is 6.54 Å². The van der Waals surface area contributed by atoms with Gasteiger partial charge in [0.1, 0.15) is 0 Å². The minimum Gasteiger partial charge on any atom is -0.312 e. The molecule has 0 heterocycles. The Balaban J connectivity index is 2.28. The maximum Gasteiger partial charge on any atom is 0.0205 e. The lowest BCUT2D eigenvalue weighted by atomic mass is 10.2. The fourth-order valence-electron chi connectivity index (χ4n) is 0.895. The molecule has 1 aromatic carbocycles. The van der Waals surface area contributed by atoms with E-state index in [1.54, 1.807) is 0 Å². The highest BCUT2D eigenvalue weighted by Crippen LogP contribution is 1.96. The Hall–Kier alpha value is -0.0900. The average molecular weight is 261 g/mol. The molecule has 1 rings (SSSR count). The largest absolute Gasteiger partial charge is 0.312 e. The Bertz CT molecular complexity index is 186. The number of alkyl halides is 1. The molecule has 60 valence electrons. The smallest absolute Gasteiger partial charge is 0.0205 e. The topological polar surface area (TPSA) is 12.0 Å². The van der Waals surface area contributed by atoms with Gasteiger partial charge in [-0.05, 0) is 5.56 Å². The van der Waals surface area contributed by atoms with Gasteiger partial charge in [-0.15, -0.1) is 0 Å². The van der Waals surface area contributed by atoms with E-state index in [2.05, 4.69) is 52.2 Å². The molecule has 0 aliphatic carbocycles. The van der Waals surface area contributed by atoms with Crippen molar-refractivity contribution in [3.8, 4) is 0 Å². The van der Waals surface area contributed by atoms with Crippen molar-refractivity contribution in [1.82, 2.24) is 5.32 Å². The van der Waals surface area contributed by atoms with Gasteiger partial charge in [0, 0.05) is 17.5 Å². The van der Waals surface area contributed by atoms with Gasteiger partial charge in [0.15, 0.2) is 0 Å². The van der Waals surface area contributed by atoms with Crippen LogP contribution in [0.3, 0.4) is 0 Å². The van der Waals surface area contributed by atoms with E-state index in [1.807, 2.05) is 6.07 Å². The Labute approximate surface area is 81.3 Å². The van der Waals surface area contributed by atoms with Crippen LogP contribution >= 0.6 is 22.6 Å². The summed E-state index contributed by atoms with van der Waals surface area (Å²) < 4.78 is 1.17. The van der Waals surface area contributed by atoms with Gasteiger partial charge in [-0.2, -0.15) is 0 Å². The molecule has 11 heavy (non-hydrogen) atoms. The van der Waals surface area contributed by atoms with Crippen molar-refractivity contribution < 1.29 is 0 Å². The first kappa shape index (κ1) is 9.00. The van der Waals surface area contributed by atoms with Gasteiger partial charge in [-0.3, -0.25) is 0 Å². The zero-order chi connectivity index (χ0) is 7.94. The summed E-state index contributed by atoms with van der Waals surface area (Å²) in [6.45, 7) is 2.08. The molecular weight excluding hydrogens is 249 g/mol. The molecule has 0 radical (unpaired) electrons. The maximum absolute atomic E-state index is 3.34. The Kier molecular flexibility index (Phi) is 4.54. The zero-order valence-corrected chi connectivity index (χ0v) is 8.54. The lowest BCUT2D eigenvalue weighted by molar-refractivity contribution is 0.737. The second-order valence-electron chi connectivity index (χ2n) is 2.35. The van der Waals surface area contributed by atoms with Crippen LogP contribution in [0, 0.1) is 0 Å². The predicted molar refractivity (Wildman–Crippen MR) is 57.0 cm³/mol. The third-order valence-electron chi connectivity index (χ3n) is 1.44. The predicted octanol–water partition coefficient (Wildman–Crippen LogP) is 2.21. The molecule has 0 atom stereocenters. The highest BCUT2D eigenvalue weighted by atomic mass is 127. The first-order valence-electron chi connectivity index (χ1n) is 3.74. The number of halogens is 1. The number of rotatable bonds is 4. The number of nitrogens with one attached hydrogen (secondary N) is 1. The average Bonchev–Trinajstić information content (AvgIpc) is 2.07. The highest BCUT2D eigenvalue weighted by Gasteiger charge is 1.87. The van der Waals surface area contributed by atoms with Crippen molar-refractivity contribution in [1.29, 1.82) is 0 Å². The lowest BCUT2D eigenvalue weighted by Gasteiger charge is -2.00. The maximum atomic E-state index is 3.34. The molecule has 0 aromatic heterocycles. The SMILES string of the molecule is ICCNCc1ccccc1. The fraction of sp³-hybridized carbons (Fsp3) is 0.333. The Morgan fingerprint density at radius 3 is 2.55 bits per heavy atom. The van der Waals surface area contributed by atoms with Crippen molar-refractivity contribution in [2.75, 3.05) is 11.0 Å². The molecule has 1 aromatic rings. The molecule has 0 spiro atoms.